The van der Waals surface area contributed by atoms with E-state index in [1.165, 1.54) is 38.5 Å². The third-order valence-electron chi connectivity index (χ3n) is 5.31. The minimum Gasteiger partial charge on any atom is -0.370 e. The zero-order valence-corrected chi connectivity index (χ0v) is 9.45. The van der Waals surface area contributed by atoms with Crippen molar-refractivity contribution in [1.29, 1.82) is 0 Å². The fourth-order valence-electron chi connectivity index (χ4n) is 4.34. The molecular weight excluding hydrogens is 188 g/mol. The maximum Gasteiger partial charge on any atom is 0.100 e. The van der Waals surface area contributed by atoms with Crippen LogP contribution in [0.4, 0.5) is 0 Å². The third kappa shape index (κ3) is 1.13. The summed E-state index contributed by atoms with van der Waals surface area (Å²) >= 11 is 0. The van der Waals surface area contributed by atoms with Crippen LogP contribution < -0.4 is 0 Å². The molecule has 84 valence electrons. The van der Waals surface area contributed by atoms with Crippen LogP contribution in [0.3, 0.4) is 0 Å². The van der Waals surface area contributed by atoms with Crippen LogP contribution in [-0.4, -0.2) is 23.9 Å². The first-order valence-corrected chi connectivity index (χ1v) is 6.64. The molecule has 0 aromatic rings. The molecule has 0 radical (unpaired) electrons. The van der Waals surface area contributed by atoms with Crippen molar-refractivity contribution >= 4 is 0 Å². The summed E-state index contributed by atoms with van der Waals surface area (Å²) in [5.74, 6) is 1.60. The largest absolute Gasteiger partial charge is 0.370 e. The Hall–Kier alpha value is -0.0800. The molecule has 4 aliphatic rings. The van der Waals surface area contributed by atoms with Crippen LogP contribution >= 0.6 is 0 Å². The Bertz CT molecular complexity index is 290. The maximum atomic E-state index is 6.13. The Balaban J connectivity index is 1.56. The number of ether oxygens (including phenoxy) is 2. The third-order valence-corrected chi connectivity index (χ3v) is 5.31. The summed E-state index contributed by atoms with van der Waals surface area (Å²) in [4.78, 5) is 0. The Morgan fingerprint density at radius 3 is 2.80 bits per heavy atom. The van der Waals surface area contributed by atoms with Crippen molar-refractivity contribution in [3.8, 4) is 0 Å². The predicted molar refractivity (Wildman–Crippen MR) is 56.6 cm³/mol. The van der Waals surface area contributed by atoms with Crippen LogP contribution in [0.15, 0.2) is 0 Å². The monoisotopic (exact) mass is 208 g/mol. The van der Waals surface area contributed by atoms with Gasteiger partial charge in [-0.05, 0) is 43.9 Å². The molecule has 0 amide bonds. The quantitative estimate of drug-likeness (QED) is 0.619. The van der Waals surface area contributed by atoms with Gasteiger partial charge in [-0.3, -0.25) is 0 Å². The molecule has 2 saturated heterocycles. The minimum atomic E-state index is 0.301. The second-order valence-electron chi connectivity index (χ2n) is 6.01. The van der Waals surface area contributed by atoms with Crippen LogP contribution in [-0.2, 0) is 9.47 Å². The summed E-state index contributed by atoms with van der Waals surface area (Å²) in [6.45, 7) is 2.40. The Morgan fingerprint density at radius 2 is 2.00 bits per heavy atom. The summed E-state index contributed by atoms with van der Waals surface area (Å²) in [6, 6.07) is 0. The first-order chi connectivity index (χ1) is 7.30. The van der Waals surface area contributed by atoms with Gasteiger partial charge in [0.25, 0.3) is 0 Å². The average molecular weight is 208 g/mol. The first-order valence-electron chi connectivity index (χ1n) is 6.64. The summed E-state index contributed by atoms with van der Waals surface area (Å²) in [7, 11) is 0. The average Bonchev–Trinajstić information content (AvgIpc) is 3.11. The van der Waals surface area contributed by atoms with E-state index in [1.54, 1.807) is 0 Å². The van der Waals surface area contributed by atoms with E-state index in [0.29, 0.717) is 23.9 Å². The number of rotatable bonds is 1. The number of fused-ring (bicyclic) bond motifs is 2. The van der Waals surface area contributed by atoms with Crippen molar-refractivity contribution in [1.82, 2.24) is 0 Å². The van der Waals surface area contributed by atoms with Crippen LogP contribution in [0.25, 0.3) is 0 Å². The summed E-state index contributed by atoms with van der Waals surface area (Å²) in [5.41, 5.74) is 0.301. The van der Waals surface area contributed by atoms with Crippen LogP contribution in [0, 0.1) is 11.8 Å². The lowest BCUT2D eigenvalue weighted by molar-refractivity contribution is 0.121. The maximum absolute atomic E-state index is 6.13. The van der Waals surface area contributed by atoms with E-state index in [9.17, 15) is 0 Å². The van der Waals surface area contributed by atoms with E-state index in [2.05, 4.69) is 6.92 Å². The van der Waals surface area contributed by atoms with Gasteiger partial charge in [0.05, 0.1) is 18.3 Å². The fourth-order valence-corrected chi connectivity index (χ4v) is 4.34. The van der Waals surface area contributed by atoms with Crippen molar-refractivity contribution in [3.05, 3.63) is 0 Å². The molecule has 2 nitrogen and oxygen atoms in total. The molecule has 2 aliphatic carbocycles. The zero-order valence-electron chi connectivity index (χ0n) is 9.45. The molecule has 15 heavy (non-hydrogen) atoms. The molecule has 4 fully saturated rings. The molecule has 2 heteroatoms. The summed E-state index contributed by atoms with van der Waals surface area (Å²) in [6.07, 6.45) is 9.85. The molecule has 4 rings (SSSR count). The zero-order chi connectivity index (χ0) is 10.0. The lowest BCUT2D eigenvalue weighted by Crippen LogP contribution is -2.39. The highest BCUT2D eigenvalue weighted by Crippen LogP contribution is 2.60. The first kappa shape index (κ1) is 9.00. The van der Waals surface area contributed by atoms with Crippen molar-refractivity contribution in [2.75, 3.05) is 0 Å². The molecule has 0 bridgehead atoms. The van der Waals surface area contributed by atoms with Gasteiger partial charge in [0, 0.05) is 0 Å². The molecule has 0 N–H and O–H groups in total. The molecular formula is C13H20O2. The number of hydrogen-bond donors (Lipinski definition) is 0. The predicted octanol–water partition coefficient (Wildman–Crippen LogP) is 2.51. The van der Waals surface area contributed by atoms with Gasteiger partial charge >= 0.3 is 0 Å². The molecule has 2 saturated carbocycles. The molecule has 0 aromatic heterocycles. The molecule has 2 heterocycles. The van der Waals surface area contributed by atoms with E-state index in [-0.39, 0.29) is 0 Å². The lowest BCUT2D eigenvalue weighted by Gasteiger charge is -2.33. The Morgan fingerprint density at radius 1 is 1.07 bits per heavy atom. The number of epoxide rings is 2. The molecule has 0 aromatic carbocycles. The lowest BCUT2D eigenvalue weighted by atomic mass is 9.68. The van der Waals surface area contributed by atoms with Crippen LogP contribution in [0.1, 0.15) is 45.4 Å². The van der Waals surface area contributed by atoms with Gasteiger partial charge in [-0.1, -0.05) is 13.3 Å². The van der Waals surface area contributed by atoms with E-state index < -0.39 is 0 Å². The van der Waals surface area contributed by atoms with Gasteiger partial charge in [-0.15, -0.1) is 0 Å². The van der Waals surface area contributed by atoms with Crippen molar-refractivity contribution < 1.29 is 9.47 Å². The Labute approximate surface area is 91.3 Å². The molecule has 6 atom stereocenters. The normalized spacial score (nSPS) is 61.8. The van der Waals surface area contributed by atoms with Gasteiger partial charge in [-0.25, -0.2) is 0 Å². The highest BCUT2D eigenvalue weighted by molar-refractivity contribution is 5.14. The van der Waals surface area contributed by atoms with E-state index >= 15 is 0 Å². The van der Waals surface area contributed by atoms with Gasteiger partial charge in [0.15, 0.2) is 0 Å². The highest BCUT2D eigenvalue weighted by atomic mass is 16.6. The topological polar surface area (TPSA) is 25.1 Å². The van der Waals surface area contributed by atoms with Crippen molar-refractivity contribution in [2.45, 2.75) is 69.4 Å². The van der Waals surface area contributed by atoms with Gasteiger partial charge in [0.2, 0.25) is 0 Å². The van der Waals surface area contributed by atoms with Gasteiger partial charge in [-0.2, -0.15) is 0 Å². The van der Waals surface area contributed by atoms with Crippen LogP contribution in [0.5, 0.6) is 0 Å². The van der Waals surface area contributed by atoms with Crippen LogP contribution in [0.2, 0.25) is 0 Å². The minimum absolute atomic E-state index is 0.301. The van der Waals surface area contributed by atoms with Crippen molar-refractivity contribution in [3.63, 3.8) is 0 Å². The molecule has 2 aliphatic heterocycles. The smallest absolute Gasteiger partial charge is 0.100 e. The van der Waals surface area contributed by atoms with Gasteiger partial charge < -0.3 is 9.47 Å². The van der Waals surface area contributed by atoms with E-state index in [0.717, 1.165) is 11.8 Å². The SMILES string of the molecule is CC1CCCC2OC12C1CCC2OC2C1. The Kier molecular flexibility index (Phi) is 1.67. The standard InChI is InChI=1S/C13H20O2/c1-8-3-2-4-12-13(8,15-12)9-5-6-10-11(7-9)14-10/h8-12H,2-7H2,1H3. The second kappa shape index (κ2) is 2.78. The fraction of sp³-hybridized carbons (Fsp3) is 1.00. The summed E-state index contributed by atoms with van der Waals surface area (Å²) < 4.78 is 11.8. The molecule has 6 unspecified atom stereocenters. The number of hydrogen-bond acceptors (Lipinski definition) is 2. The summed E-state index contributed by atoms with van der Waals surface area (Å²) in [5, 5.41) is 0. The highest BCUT2D eigenvalue weighted by Gasteiger charge is 2.66. The van der Waals surface area contributed by atoms with Crippen molar-refractivity contribution in [2.24, 2.45) is 11.8 Å². The molecule has 0 spiro atoms. The van der Waals surface area contributed by atoms with E-state index in [4.69, 9.17) is 9.47 Å². The second-order valence-corrected chi connectivity index (χ2v) is 6.01. The van der Waals surface area contributed by atoms with Gasteiger partial charge in [0.1, 0.15) is 5.60 Å². The van der Waals surface area contributed by atoms with E-state index in [1.807, 2.05) is 0 Å².